The van der Waals surface area contributed by atoms with E-state index in [1.807, 2.05) is 35.6 Å². The van der Waals surface area contributed by atoms with Crippen LogP contribution in [0.3, 0.4) is 0 Å². The number of amides is 2. The molecule has 1 heterocycles. The van der Waals surface area contributed by atoms with Crippen molar-refractivity contribution in [3.05, 3.63) is 41.4 Å². The molecule has 2 N–H and O–H groups in total. The highest BCUT2D eigenvalue weighted by Crippen LogP contribution is 2.23. The van der Waals surface area contributed by atoms with Gasteiger partial charge in [0.15, 0.2) is 9.84 Å². The Labute approximate surface area is 209 Å². The number of aromatic nitrogens is 1. The van der Waals surface area contributed by atoms with E-state index in [0.29, 0.717) is 5.69 Å². The molecule has 1 aromatic heterocycles. The van der Waals surface area contributed by atoms with Crippen LogP contribution in [0.25, 0.3) is 10.6 Å². The molecule has 0 bridgehead atoms. The van der Waals surface area contributed by atoms with Crippen LogP contribution in [0.4, 0.5) is 13.2 Å². The summed E-state index contributed by atoms with van der Waals surface area (Å²) in [5, 5.41) is 7.58. The zero-order chi connectivity index (χ0) is 26.1. The molecule has 14 heteroatoms. The van der Waals surface area contributed by atoms with Crippen molar-refractivity contribution in [2.24, 2.45) is 0 Å². The van der Waals surface area contributed by atoms with Crippen LogP contribution in [0.15, 0.2) is 35.7 Å². The van der Waals surface area contributed by atoms with Crippen molar-refractivity contribution >= 4 is 50.5 Å². The summed E-state index contributed by atoms with van der Waals surface area (Å²) in [7, 11) is -3.64. The van der Waals surface area contributed by atoms with Crippen molar-refractivity contribution < 1.29 is 36.0 Å². The normalized spacial score (nSPS) is 12.8. The van der Waals surface area contributed by atoms with Gasteiger partial charge in [0.1, 0.15) is 10.8 Å². The highest BCUT2D eigenvalue weighted by atomic mass is 32.2. The third-order valence-electron chi connectivity index (χ3n) is 4.41. The van der Waals surface area contributed by atoms with Crippen LogP contribution < -0.4 is 10.6 Å². The molecular formula is C21H24F3N3O5S3. The molecule has 192 valence electrons. The maximum atomic E-state index is 12.6. The van der Waals surface area contributed by atoms with Gasteiger partial charge in [-0.25, -0.2) is 13.4 Å². The Morgan fingerprint density at radius 3 is 2.49 bits per heavy atom. The SMILES string of the molecule is CS(=O)(=O)CC(=O)NC(=O)[C@H](CCCSCC(=O)C(F)(F)F)NCc1csc(-c2ccccc2)n1. The minimum atomic E-state index is -4.89. The monoisotopic (exact) mass is 551 g/mol. The van der Waals surface area contributed by atoms with Gasteiger partial charge in [-0.15, -0.1) is 11.3 Å². The molecule has 0 aliphatic heterocycles. The maximum Gasteiger partial charge on any atom is 0.450 e. The molecule has 0 saturated carbocycles. The largest absolute Gasteiger partial charge is 0.450 e. The van der Waals surface area contributed by atoms with Crippen molar-refractivity contribution in [2.75, 3.05) is 23.5 Å². The lowest BCUT2D eigenvalue weighted by atomic mass is 10.1. The average molecular weight is 552 g/mol. The number of sulfone groups is 1. The van der Waals surface area contributed by atoms with Gasteiger partial charge in [-0.2, -0.15) is 24.9 Å². The van der Waals surface area contributed by atoms with E-state index in [4.69, 9.17) is 0 Å². The number of nitrogens with one attached hydrogen (secondary N) is 2. The van der Waals surface area contributed by atoms with E-state index < -0.39 is 51.2 Å². The Kier molecular flexibility index (Phi) is 10.9. The Morgan fingerprint density at radius 2 is 1.86 bits per heavy atom. The first-order chi connectivity index (χ1) is 16.3. The van der Waals surface area contributed by atoms with Crippen LogP contribution in [0.5, 0.6) is 0 Å². The molecule has 8 nitrogen and oxygen atoms in total. The predicted octanol–water partition coefficient (Wildman–Crippen LogP) is 2.60. The second-order valence-electron chi connectivity index (χ2n) is 7.54. The molecular weight excluding hydrogens is 527 g/mol. The fourth-order valence-electron chi connectivity index (χ4n) is 2.79. The number of imide groups is 1. The van der Waals surface area contributed by atoms with E-state index in [-0.39, 0.29) is 25.1 Å². The van der Waals surface area contributed by atoms with Gasteiger partial charge in [-0.1, -0.05) is 30.3 Å². The molecule has 35 heavy (non-hydrogen) atoms. The number of Topliss-reactive ketones (excluding diaryl/α,β-unsaturated/α-hetero) is 1. The number of nitrogens with zero attached hydrogens (tertiary/aromatic N) is 1. The summed E-state index contributed by atoms with van der Waals surface area (Å²) in [6, 6.07) is 8.51. The van der Waals surface area contributed by atoms with Gasteiger partial charge < -0.3 is 5.32 Å². The highest BCUT2D eigenvalue weighted by Gasteiger charge is 2.37. The molecule has 0 spiro atoms. The number of halogens is 3. The van der Waals surface area contributed by atoms with Gasteiger partial charge in [0.05, 0.1) is 17.5 Å². The summed E-state index contributed by atoms with van der Waals surface area (Å²) in [6.45, 7) is 0.168. The molecule has 2 amide bonds. The summed E-state index contributed by atoms with van der Waals surface area (Å²) in [5.74, 6) is -4.96. The van der Waals surface area contributed by atoms with E-state index in [1.54, 1.807) is 5.38 Å². The lowest BCUT2D eigenvalue weighted by molar-refractivity contribution is -0.167. The lowest BCUT2D eigenvalue weighted by Crippen LogP contribution is -2.47. The van der Waals surface area contributed by atoms with Crippen LogP contribution in [0, 0.1) is 0 Å². The first-order valence-corrected chi connectivity index (χ1v) is 14.4. The Hall–Kier alpha value is -2.29. The average Bonchev–Trinajstić information content (AvgIpc) is 3.23. The van der Waals surface area contributed by atoms with Crippen molar-refractivity contribution in [3.8, 4) is 10.6 Å². The second-order valence-corrected chi connectivity index (χ2v) is 11.6. The number of hydrogen-bond donors (Lipinski definition) is 2. The van der Waals surface area contributed by atoms with Crippen LogP contribution in [0.1, 0.15) is 18.5 Å². The second kappa shape index (κ2) is 13.1. The maximum absolute atomic E-state index is 12.6. The number of carbonyl (C=O) groups excluding carboxylic acids is 3. The number of rotatable bonds is 13. The van der Waals surface area contributed by atoms with Gasteiger partial charge in [0.2, 0.25) is 17.6 Å². The zero-order valence-corrected chi connectivity index (χ0v) is 21.1. The van der Waals surface area contributed by atoms with Crippen LogP contribution >= 0.6 is 23.1 Å². The van der Waals surface area contributed by atoms with Crippen LogP contribution in [-0.4, -0.2) is 66.7 Å². The predicted molar refractivity (Wildman–Crippen MR) is 129 cm³/mol. The van der Waals surface area contributed by atoms with E-state index in [9.17, 15) is 36.0 Å². The number of hydrogen-bond acceptors (Lipinski definition) is 9. The molecule has 0 saturated heterocycles. The summed E-state index contributed by atoms with van der Waals surface area (Å²) in [5.41, 5.74) is 1.56. The molecule has 0 aliphatic carbocycles. The lowest BCUT2D eigenvalue weighted by Gasteiger charge is -2.17. The Morgan fingerprint density at radius 1 is 1.17 bits per heavy atom. The fraction of sp³-hybridized carbons (Fsp3) is 0.429. The van der Waals surface area contributed by atoms with Crippen LogP contribution in [0.2, 0.25) is 0 Å². The number of alkyl halides is 3. The van der Waals surface area contributed by atoms with Gasteiger partial charge >= 0.3 is 6.18 Å². The smallest absolute Gasteiger partial charge is 0.300 e. The molecule has 0 radical (unpaired) electrons. The van der Waals surface area contributed by atoms with Gasteiger partial charge in [0, 0.05) is 23.7 Å². The molecule has 1 aromatic carbocycles. The first-order valence-electron chi connectivity index (χ1n) is 10.3. The molecule has 1 atom stereocenters. The molecule has 2 rings (SSSR count). The van der Waals surface area contributed by atoms with Crippen molar-refractivity contribution in [2.45, 2.75) is 31.6 Å². The summed E-state index contributed by atoms with van der Waals surface area (Å²) < 4.78 is 59.5. The van der Waals surface area contributed by atoms with E-state index in [0.717, 1.165) is 28.6 Å². The molecule has 0 fully saturated rings. The van der Waals surface area contributed by atoms with Crippen molar-refractivity contribution in [1.29, 1.82) is 0 Å². The number of carbonyl (C=O) groups is 3. The number of thioether (sulfide) groups is 1. The van der Waals surface area contributed by atoms with E-state index in [1.165, 1.54) is 11.3 Å². The fourth-order valence-corrected chi connectivity index (χ4v) is 5.03. The Bertz CT molecular complexity index is 1120. The highest BCUT2D eigenvalue weighted by molar-refractivity contribution is 7.99. The quantitative estimate of drug-likeness (QED) is 0.365. The third kappa shape index (κ3) is 10.9. The van der Waals surface area contributed by atoms with Crippen molar-refractivity contribution in [1.82, 2.24) is 15.6 Å². The topological polar surface area (TPSA) is 122 Å². The standard InChI is InChI=1S/C21H24F3N3O5S3/c1-35(31,32)13-18(29)27-19(30)16(8-5-9-33-12-17(28)21(22,23)24)25-10-15-11-34-20(26-15)14-6-3-2-4-7-14/h2-4,6-7,11,16,25H,5,8-10,12-13H2,1H3,(H,27,29,30)/t16-/m0/s1. The minimum absolute atomic E-state index is 0.140. The Balaban J connectivity index is 1.96. The van der Waals surface area contributed by atoms with Crippen molar-refractivity contribution in [3.63, 3.8) is 0 Å². The molecule has 0 aliphatic rings. The van der Waals surface area contributed by atoms with Gasteiger partial charge in [0.25, 0.3) is 0 Å². The van der Waals surface area contributed by atoms with Gasteiger partial charge in [-0.3, -0.25) is 19.7 Å². The minimum Gasteiger partial charge on any atom is -0.300 e. The molecule has 2 aromatic rings. The van der Waals surface area contributed by atoms with Crippen LogP contribution in [-0.2, 0) is 30.8 Å². The van der Waals surface area contributed by atoms with E-state index in [2.05, 4.69) is 10.3 Å². The molecule has 0 unspecified atom stereocenters. The number of ketones is 1. The number of thiazole rings is 1. The first kappa shape index (κ1) is 28.9. The number of benzene rings is 1. The zero-order valence-electron chi connectivity index (χ0n) is 18.6. The summed E-state index contributed by atoms with van der Waals surface area (Å²) >= 11 is 2.20. The summed E-state index contributed by atoms with van der Waals surface area (Å²) in [4.78, 5) is 39.9. The summed E-state index contributed by atoms with van der Waals surface area (Å²) in [6.07, 6.45) is -3.61. The van der Waals surface area contributed by atoms with E-state index >= 15 is 0 Å². The van der Waals surface area contributed by atoms with Gasteiger partial charge in [-0.05, 0) is 18.6 Å². The third-order valence-corrected chi connectivity index (χ3v) is 7.18.